The first kappa shape index (κ1) is 24.5. The summed E-state index contributed by atoms with van der Waals surface area (Å²) in [6, 6.07) is 34.1. The van der Waals surface area contributed by atoms with E-state index in [9.17, 15) is 13.2 Å². The maximum absolute atomic E-state index is 13.5. The lowest BCUT2D eigenvalue weighted by molar-refractivity contribution is -0.122. The van der Waals surface area contributed by atoms with E-state index in [2.05, 4.69) is 5.32 Å². The van der Waals surface area contributed by atoms with Gasteiger partial charge in [-0.1, -0.05) is 103 Å². The van der Waals surface area contributed by atoms with E-state index < -0.39 is 9.84 Å². The van der Waals surface area contributed by atoms with Crippen LogP contribution in [0.1, 0.15) is 28.3 Å². The molecule has 5 nitrogen and oxygen atoms in total. The molecule has 0 aliphatic carbocycles. The monoisotopic (exact) mass is 508 g/mol. The lowest BCUT2D eigenvalue weighted by Crippen LogP contribution is -2.32. The number of nitrogens with zero attached hydrogens (tertiary/aromatic N) is 1. The van der Waals surface area contributed by atoms with Crippen LogP contribution in [0.5, 0.6) is 0 Å². The average molecular weight is 509 g/mol. The standard InChI is InChI=1S/C31H28N2O3S/c1-23-12-8-9-17-26(23)22-37(35,36)29-20-33(28-19-11-10-18-27(28)29)21-30(34)32-31(24-13-4-2-5-14-24)25-15-6-3-7-16-25/h2-20,31H,21-22H2,1H3,(H,32,34). The minimum absolute atomic E-state index is 0.00341. The molecule has 0 spiro atoms. The molecule has 1 heterocycles. The summed E-state index contributed by atoms with van der Waals surface area (Å²) < 4.78 is 28.7. The van der Waals surface area contributed by atoms with Crippen molar-refractivity contribution in [2.45, 2.75) is 30.2 Å². The summed E-state index contributed by atoms with van der Waals surface area (Å²) in [4.78, 5) is 13.6. The van der Waals surface area contributed by atoms with E-state index in [1.807, 2.05) is 110 Å². The number of para-hydroxylation sites is 1. The molecule has 0 bridgehead atoms. The summed E-state index contributed by atoms with van der Waals surface area (Å²) in [5, 5.41) is 3.77. The number of hydrogen-bond acceptors (Lipinski definition) is 3. The Hall–Kier alpha value is -4.16. The number of sulfone groups is 1. The van der Waals surface area contributed by atoms with Gasteiger partial charge in [0, 0.05) is 17.1 Å². The fourth-order valence-corrected chi connectivity index (χ4v) is 6.34. The van der Waals surface area contributed by atoms with Crippen LogP contribution in [0.2, 0.25) is 0 Å². The van der Waals surface area contributed by atoms with Crippen LogP contribution in [0, 0.1) is 6.92 Å². The summed E-state index contributed by atoms with van der Waals surface area (Å²) in [7, 11) is -3.64. The van der Waals surface area contributed by atoms with Crippen molar-refractivity contribution in [3.8, 4) is 0 Å². The van der Waals surface area contributed by atoms with Crippen molar-refractivity contribution in [1.82, 2.24) is 9.88 Å². The number of amides is 1. The van der Waals surface area contributed by atoms with E-state index in [0.29, 0.717) is 10.9 Å². The Balaban J connectivity index is 1.45. The molecular formula is C31H28N2O3S. The molecule has 0 aliphatic rings. The van der Waals surface area contributed by atoms with Crippen molar-refractivity contribution >= 4 is 26.6 Å². The van der Waals surface area contributed by atoms with Gasteiger partial charge in [-0.05, 0) is 35.2 Å². The Kier molecular flexibility index (Phi) is 6.93. The minimum Gasteiger partial charge on any atom is -0.344 e. The van der Waals surface area contributed by atoms with Gasteiger partial charge in [0.1, 0.15) is 6.54 Å². The molecule has 5 aromatic rings. The minimum atomic E-state index is -3.64. The molecule has 0 atom stereocenters. The maximum Gasteiger partial charge on any atom is 0.240 e. The Morgan fingerprint density at radius 3 is 2.00 bits per heavy atom. The normalized spacial score (nSPS) is 11.6. The highest BCUT2D eigenvalue weighted by molar-refractivity contribution is 7.90. The van der Waals surface area contributed by atoms with Gasteiger partial charge in [0.2, 0.25) is 5.91 Å². The molecule has 1 aromatic heterocycles. The summed E-state index contributed by atoms with van der Waals surface area (Å²) in [6.45, 7) is 1.91. The van der Waals surface area contributed by atoms with Gasteiger partial charge in [0.15, 0.2) is 9.84 Å². The van der Waals surface area contributed by atoms with E-state index in [0.717, 1.165) is 22.3 Å². The lowest BCUT2D eigenvalue weighted by atomic mass is 9.99. The highest BCUT2D eigenvalue weighted by atomic mass is 32.2. The number of hydrogen-bond donors (Lipinski definition) is 1. The molecule has 4 aromatic carbocycles. The number of carbonyl (C=O) groups is 1. The third-order valence-corrected chi connectivity index (χ3v) is 8.27. The molecule has 1 N–H and O–H groups in total. The molecule has 0 aliphatic heterocycles. The number of nitrogens with one attached hydrogen (secondary N) is 1. The predicted octanol–water partition coefficient (Wildman–Crippen LogP) is 5.83. The van der Waals surface area contributed by atoms with Crippen molar-refractivity contribution in [2.75, 3.05) is 0 Å². The predicted molar refractivity (Wildman–Crippen MR) is 147 cm³/mol. The summed E-state index contributed by atoms with van der Waals surface area (Å²) in [6.07, 6.45) is 1.60. The Morgan fingerprint density at radius 2 is 1.35 bits per heavy atom. The topological polar surface area (TPSA) is 68.2 Å². The number of fused-ring (bicyclic) bond motifs is 1. The van der Waals surface area contributed by atoms with E-state index in [-0.39, 0.29) is 29.1 Å². The van der Waals surface area contributed by atoms with Gasteiger partial charge in [0.05, 0.1) is 16.7 Å². The zero-order valence-electron chi connectivity index (χ0n) is 20.5. The zero-order valence-corrected chi connectivity index (χ0v) is 21.4. The van der Waals surface area contributed by atoms with E-state index in [1.165, 1.54) is 0 Å². The molecule has 0 saturated heterocycles. The average Bonchev–Trinajstić information content (AvgIpc) is 3.29. The van der Waals surface area contributed by atoms with Crippen LogP contribution in [-0.2, 0) is 26.9 Å². The highest BCUT2D eigenvalue weighted by Gasteiger charge is 2.24. The Morgan fingerprint density at radius 1 is 0.784 bits per heavy atom. The second-order valence-corrected chi connectivity index (χ2v) is 11.1. The molecule has 0 radical (unpaired) electrons. The molecular weight excluding hydrogens is 480 g/mol. The lowest BCUT2D eigenvalue weighted by Gasteiger charge is -2.20. The summed E-state index contributed by atoms with van der Waals surface area (Å²) >= 11 is 0. The zero-order chi connectivity index (χ0) is 25.8. The molecule has 0 saturated carbocycles. The first-order chi connectivity index (χ1) is 17.9. The van der Waals surface area contributed by atoms with Gasteiger partial charge < -0.3 is 9.88 Å². The van der Waals surface area contributed by atoms with Gasteiger partial charge in [0.25, 0.3) is 0 Å². The molecule has 37 heavy (non-hydrogen) atoms. The van der Waals surface area contributed by atoms with Crippen molar-refractivity contribution in [3.63, 3.8) is 0 Å². The van der Waals surface area contributed by atoms with Crippen molar-refractivity contribution in [1.29, 1.82) is 0 Å². The largest absolute Gasteiger partial charge is 0.344 e. The number of rotatable bonds is 8. The van der Waals surface area contributed by atoms with Gasteiger partial charge >= 0.3 is 0 Å². The smallest absolute Gasteiger partial charge is 0.240 e. The first-order valence-corrected chi connectivity index (χ1v) is 13.8. The number of aryl methyl sites for hydroxylation is 1. The van der Waals surface area contributed by atoms with Gasteiger partial charge in [-0.2, -0.15) is 0 Å². The molecule has 6 heteroatoms. The van der Waals surface area contributed by atoms with Gasteiger partial charge in [-0.3, -0.25) is 4.79 Å². The highest BCUT2D eigenvalue weighted by Crippen LogP contribution is 2.29. The fourth-order valence-electron chi connectivity index (χ4n) is 4.66. The van der Waals surface area contributed by atoms with Crippen molar-refractivity contribution in [2.24, 2.45) is 0 Å². The van der Waals surface area contributed by atoms with E-state index >= 15 is 0 Å². The molecule has 0 fully saturated rings. The second kappa shape index (κ2) is 10.4. The van der Waals surface area contributed by atoms with Crippen molar-refractivity contribution < 1.29 is 13.2 Å². The quantitative estimate of drug-likeness (QED) is 0.287. The fraction of sp³-hybridized carbons (Fsp3) is 0.129. The number of carbonyl (C=O) groups excluding carboxylic acids is 1. The van der Waals surface area contributed by atoms with E-state index in [1.54, 1.807) is 16.8 Å². The molecule has 186 valence electrons. The van der Waals surface area contributed by atoms with Crippen LogP contribution in [0.4, 0.5) is 0 Å². The molecule has 1 amide bonds. The SMILES string of the molecule is Cc1ccccc1CS(=O)(=O)c1cn(CC(=O)NC(c2ccccc2)c2ccccc2)c2ccccc12. The Labute approximate surface area is 217 Å². The number of benzene rings is 4. The molecule has 0 unspecified atom stereocenters. The molecule has 5 rings (SSSR count). The van der Waals surface area contributed by atoms with E-state index in [4.69, 9.17) is 0 Å². The van der Waals surface area contributed by atoms with Crippen LogP contribution < -0.4 is 5.32 Å². The van der Waals surface area contributed by atoms with Gasteiger partial charge in [-0.25, -0.2) is 8.42 Å². The van der Waals surface area contributed by atoms with Crippen LogP contribution in [0.25, 0.3) is 10.9 Å². The Bertz CT molecular complexity index is 1600. The first-order valence-electron chi connectivity index (χ1n) is 12.2. The van der Waals surface area contributed by atoms with Crippen LogP contribution >= 0.6 is 0 Å². The van der Waals surface area contributed by atoms with Gasteiger partial charge in [-0.15, -0.1) is 0 Å². The van der Waals surface area contributed by atoms with Crippen molar-refractivity contribution in [3.05, 3.63) is 138 Å². The van der Waals surface area contributed by atoms with Crippen LogP contribution in [0.3, 0.4) is 0 Å². The summed E-state index contributed by atoms with van der Waals surface area (Å²) in [5.74, 6) is -0.300. The summed E-state index contributed by atoms with van der Waals surface area (Å²) in [5.41, 5.74) is 4.35. The van der Waals surface area contributed by atoms with Crippen LogP contribution in [-0.4, -0.2) is 18.9 Å². The van der Waals surface area contributed by atoms with Crippen LogP contribution in [0.15, 0.2) is 120 Å². The third kappa shape index (κ3) is 5.34. The third-order valence-electron chi connectivity index (χ3n) is 6.58. The maximum atomic E-state index is 13.5. The number of aromatic nitrogens is 1. The second-order valence-electron chi connectivity index (χ2n) is 9.15.